The standard InChI is InChI=1S/C13H9F4N3O/c1-7-4-8(2-3-9(7)14)20-12(21)10-5-19-11(6-18-10)13(15,16)17/h2-6H,1H3,(H,20,21). The number of rotatable bonds is 2. The number of anilines is 1. The Hall–Kier alpha value is -2.51. The van der Waals surface area contributed by atoms with E-state index in [2.05, 4.69) is 15.3 Å². The first kappa shape index (κ1) is 14.9. The molecular weight excluding hydrogens is 290 g/mol. The van der Waals surface area contributed by atoms with E-state index in [0.29, 0.717) is 17.4 Å². The van der Waals surface area contributed by atoms with Gasteiger partial charge in [0.2, 0.25) is 0 Å². The molecule has 0 fully saturated rings. The number of carbonyl (C=O) groups excluding carboxylic acids is 1. The number of aromatic nitrogens is 2. The Bertz CT molecular complexity index is 668. The van der Waals surface area contributed by atoms with Crippen molar-refractivity contribution in [2.75, 3.05) is 5.32 Å². The molecule has 0 aliphatic carbocycles. The summed E-state index contributed by atoms with van der Waals surface area (Å²) in [5, 5.41) is 2.40. The predicted octanol–water partition coefficient (Wildman–Crippen LogP) is 3.20. The molecule has 1 aromatic heterocycles. The van der Waals surface area contributed by atoms with Gasteiger partial charge >= 0.3 is 6.18 Å². The highest BCUT2D eigenvalue weighted by Gasteiger charge is 2.33. The van der Waals surface area contributed by atoms with Crippen molar-refractivity contribution in [3.05, 3.63) is 53.4 Å². The van der Waals surface area contributed by atoms with E-state index in [9.17, 15) is 22.4 Å². The molecule has 110 valence electrons. The van der Waals surface area contributed by atoms with Crippen molar-refractivity contribution in [1.29, 1.82) is 0 Å². The molecule has 2 aromatic rings. The second kappa shape index (κ2) is 5.47. The van der Waals surface area contributed by atoms with Crippen molar-refractivity contribution >= 4 is 11.6 Å². The maximum atomic E-state index is 13.1. The highest BCUT2D eigenvalue weighted by atomic mass is 19.4. The fraction of sp³-hybridized carbons (Fsp3) is 0.154. The minimum atomic E-state index is -4.62. The Kier molecular flexibility index (Phi) is 3.88. The van der Waals surface area contributed by atoms with Gasteiger partial charge in [-0.3, -0.25) is 4.79 Å². The third-order valence-corrected chi connectivity index (χ3v) is 2.59. The maximum Gasteiger partial charge on any atom is 0.434 e. The normalized spacial score (nSPS) is 11.3. The lowest BCUT2D eigenvalue weighted by atomic mass is 10.2. The Morgan fingerprint density at radius 1 is 1.19 bits per heavy atom. The second-order valence-corrected chi connectivity index (χ2v) is 4.20. The van der Waals surface area contributed by atoms with E-state index < -0.39 is 23.6 Å². The fourth-order valence-corrected chi connectivity index (χ4v) is 1.51. The lowest BCUT2D eigenvalue weighted by Gasteiger charge is -2.07. The van der Waals surface area contributed by atoms with E-state index >= 15 is 0 Å². The lowest BCUT2D eigenvalue weighted by molar-refractivity contribution is -0.141. The predicted molar refractivity (Wildman–Crippen MR) is 66.1 cm³/mol. The largest absolute Gasteiger partial charge is 0.434 e. The molecule has 0 aliphatic heterocycles. The molecule has 1 N–H and O–H groups in total. The molecule has 0 radical (unpaired) electrons. The number of alkyl halides is 3. The van der Waals surface area contributed by atoms with Crippen LogP contribution in [0.3, 0.4) is 0 Å². The van der Waals surface area contributed by atoms with Crippen molar-refractivity contribution in [3.63, 3.8) is 0 Å². The molecule has 0 saturated carbocycles. The van der Waals surface area contributed by atoms with Crippen LogP contribution in [0.5, 0.6) is 0 Å². The number of benzene rings is 1. The van der Waals surface area contributed by atoms with Crippen LogP contribution in [0.25, 0.3) is 0 Å². The first-order chi connectivity index (χ1) is 9.77. The van der Waals surface area contributed by atoms with Gasteiger partial charge in [-0.1, -0.05) is 0 Å². The van der Waals surface area contributed by atoms with Crippen LogP contribution in [-0.2, 0) is 6.18 Å². The number of nitrogens with one attached hydrogen (secondary N) is 1. The second-order valence-electron chi connectivity index (χ2n) is 4.20. The van der Waals surface area contributed by atoms with Gasteiger partial charge in [-0.2, -0.15) is 13.2 Å². The summed E-state index contributed by atoms with van der Waals surface area (Å²) in [6, 6.07) is 3.89. The quantitative estimate of drug-likeness (QED) is 0.866. The number of amides is 1. The molecule has 0 unspecified atom stereocenters. The third-order valence-electron chi connectivity index (χ3n) is 2.59. The third kappa shape index (κ3) is 3.53. The molecule has 1 aromatic carbocycles. The van der Waals surface area contributed by atoms with Gasteiger partial charge < -0.3 is 5.32 Å². The van der Waals surface area contributed by atoms with E-state index in [1.165, 1.54) is 25.1 Å². The van der Waals surface area contributed by atoms with Gasteiger partial charge in [0.1, 0.15) is 11.5 Å². The van der Waals surface area contributed by atoms with Crippen LogP contribution in [0, 0.1) is 12.7 Å². The van der Waals surface area contributed by atoms with Crippen LogP contribution in [0.2, 0.25) is 0 Å². The Morgan fingerprint density at radius 3 is 2.43 bits per heavy atom. The molecule has 1 amide bonds. The SMILES string of the molecule is Cc1cc(NC(=O)c2cnc(C(F)(F)F)cn2)ccc1F. The topological polar surface area (TPSA) is 54.9 Å². The maximum absolute atomic E-state index is 13.1. The van der Waals surface area contributed by atoms with Crippen LogP contribution in [0.4, 0.5) is 23.2 Å². The van der Waals surface area contributed by atoms with Gasteiger partial charge in [-0.05, 0) is 30.7 Å². The average molecular weight is 299 g/mol. The summed E-state index contributed by atoms with van der Waals surface area (Å²) >= 11 is 0. The number of halogens is 4. The van der Waals surface area contributed by atoms with Gasteiger partial charge in [0.25, 0.3) is 5.91 Å². The highest BCUT2D eigenvalue weighted by Crippen LogP contribution is 2.26. The summed E-state index contributed by atoms with van der Waals surface area (Å²) < 4.78 is 50.0. The van der Waals surface area contributed by atoms with Crippen molar-refractivity contribution in [3.8, 4) is 0 Å². The molecular formula is C13H9F4N3O. The van der Waals surface area contributed by atoms with Gasteiger partial charge in [0.05, 0.1) is 12.4 Å². The lowest BCUT2D eigenvalue weighted by Crippen LogP contribution is -2.16. The number of hydrogen-bond donors (Lipinski definition) is 1. The van der Waals surface area contributed by atoms with E-state index in [0.717, 1.165) is 6.20 Å². The molecule has 0 spiro atoms. The van der Waals surface area contributed by atoms with Crippen LogP contribution >= 0.6 is 0 Å². The molecule has 0 aliphatic rings. The highest BCUT2D eigenvalue weighted by molar-refractivity contribution is 6.02. The first-order valence-electron chi connectivity index (χ1n) is 5.74. The molecule has 0 bridgehead atoms. The average Bonchev–Trinajstić information content (AvgIpc) is 2.42. The van der Waals surface area contributed by atoms with Crippen LogP contribution in [0.15, 0.2) is 30.6 Å². The number of aryl methyl sites for hydroxylation is 1. The number of hydrogen-bond acceptors (Lipinski definition) is 3. The van der Waals surface area contributed by atoms with Gasteiger partial charge in [0.15, 0.2) is 5.69 Å². The van der Waals surface area contributed by atoms with Crippen molar-refractivity contribution in [1.82, 2.24) is 9.97 Å². The zero-order valence-corrected chi connectivity index (χ0v) is 10.7. The minimum Gasteiger partial charge on any atom is -0.321 e. The summed E-state index contributed by atoms with van der Waals surface area (Å²) in [4.78, 5) is 18.3. The monoisotopic (exact) mass is 299 g/mol. The van der Waals surface area contributed by atoms with Crippen molar-refractivity contribution in [2.24, 2.45) is 0 Å². The first-order valence-corrected chi connectivity index (χ1v) is 5.74. The molecule has 1 heterocycles. The Balaban J connectivity index is 2.15. The van der Waals surface area contributed by atoms with Gasteiger partial charge in [-0.15, -0.1) is 0 Å². The zero-order chi connectivity index (χ0) is 15.6. The molecule has 4 nitrogen and oxygen atoms in total. The van der Waals surface area contributed by atoms with Crippen LogP contribution < -0.4 is 5.32 Å². The Morgan fingerprint density at radius 2 is 1.90 bits per heavy atom. The minimum absolute atomic E-state index is 0.273. The van der Waals surface area contributed by atoms with Gasteiger partial charge in [-0.25, -0.2) is 14.4 Å². The summed E-state index contributed by atoms with van der Waals surface area (Å²) in [6.07, 6.45) is -3.41. The summed E-state index contributed by atoms with van der Waals surface area (Å²) in [7, 11) is 0. The van der Waals surface area contributed by atoms with Crippen LogP contribution in [-0.4, -0.2) is 15.9 Å². The van der Waals surface area contributed by atoms with Crippen LogP contribution in [0.1, 0.15) is 21.7 Å². The van der Waals surface area contributed by atoms with Crippen molar-refractivity contribution in [2.45, 2.75) is 13.1 Å². The Labute approximate surface area is 116 Å². The van der Waals surface area contributed by atoms with E-state index in [1.54, 1.807) is 0 Å². The summed E-state index contributed by atoms with van der Waals surface area (Å²) in [6.45, 7) is 1.52. The fourth-order valence-electron chi connectivity index (χ4n) is 1.51. The molecule has 8 heteroatoms. The van der Waals surface area contributed by atoms with E-state index in [4.69, 9.17) is 0 Å². The molecule has 0 atom stereocenters. The molecule has 2 rings (SSSR count). The summed E-state index contributed by atoms with van der Waals surface area (Å²) in [5.74, 6) is -1.16. The van der Waals surface area contributed by atoms with E-state index in [1.807, 2.05) is 0 Å². The van der Waals surface area contributed by atoms with Gasteiger partial charge in [0, 0.05) is 5.69 Å². The number of carbonyl (C=O) groups is 1. The molecule has 0 saturated heterocycles. The smallest absolute Gasteiger partial charge is 0.321 e. The summed E-state index contributed by atoms with van der Waals surface area (Å²) in [5.41, 5.74) is -0.825. The zero-order valence-electron chi connectivity index (χ0n) is 10.7. The molecule has 21 heavy (non-hydrogen) atoms. The van der Waals surface area contributed by atoms with E-state index in [-0.39, 0.29) is 5.69 Å². The number of nitrogens with zero attached hydrogens (tertiary/aromatic N) is 2. The van der Waals surface area contributed by atoms with Crippen molar-refractivity contribution < 1.29 is 22.4 Å².